The molecule has 1 aromatic heterocycles. The van der Waals surface area contributed by atoms with Crippen LogP contribution in [-0.4, -0.2) is 30.3 Å². The summed E-state index contributed by atoms with van der Waals surface area (Å²) >= 11 is 0. The summed E-state index contributed by atoms with van der Waals surface area (Å²) < 4.78 is 10.5. The predicted molar refractivity (Wildman–Crippen MR) is 80.3 cm³/mol. The summed E-state index contributed by atoms with van der Waals surface area (Å²) in [6, 6.07) is 6.28. The van der Waals surface area contributed by atoms with E-state index in [2.05, 4.69) is 15.5 Å². The highest BCUT2D eigenvalue weighted by Crippen LogP contribution is 2.30. The van der Waals surface area contributed by atoms with E-state index < -0.39 is 0 Å². The first-order valence-corrected chi connectivity index (χ1v) is 6.60. The molecule has 2 N–H and O–H groups in total. The standard InChI is InChI=1S/C15H17N3O4/c1-9-6-12(21-2)13(22-3)7-10(9)8-16-15(20)11-4-5-14(19)18-17-11/h4-7H,8H2,1-3H3,(H,16,20)(H,18,19). The average Bonchev–Trinajstić information content (AvgIpc) is 2.53. The molecule has 0 aliphatic heterocycles. The number of aryl methyl sites for hydroxylation is 1. The zero-order chi connectivity index (χ0) is 16.1. The van der Waals surface area contributed by atoms with E-state index >= 15 is 0 Å². The molecule has 0 bridgehead atoms. The van der Waals surface area contributed by atoms with Crippen LogP contribution in [-0.2, 0) is 6.54 Å². The number of aromatic amines is 1. The van der Waals surface area contributed by atoms with E-state index in [1.165, 1.54) is 12.1 Å². The van der Waals surface area contributed by atoms with Crippen LogP contribution in [0.3, 0.4) is 0 Å². The SMILES string of the molecule is COc1cc(C)c(CNC(=O)c2ccc(=O)[nH]n2)cc1OC. The monoisotopic (exact) mass is 303 g/mol. The Hall–Kier alpha value is -2.83. The molecule has 0 saturated carbocycles. The van der Waals surface area contributed by atoms with E-state index in [-0.39, 0.29) is 17.2 Å². The Bertz CT molecular complexity index is 720. The molecular formula is C15H17N3O4. The summed E-state index contributed by atoms with van der Waals surface area (Å²) in [6.07, 6.45) is 0. The number of amides is 1. The number of hydrogen-bond acceptors (Lipinski definition) is 5. The van der Waals surface area contributed by atoms with Gasteiger partial charge in [-0.15, -0.1) is 0 Å². The van der Waals surface area contributed by atoms with Crippen molar-refractivity contribution in [2.45, 2.75) is 13.5 Å². The molecule has 0 saturated heterocycles. The molecule has 1 amide bonds. The highest BCUT2D eigenvalue weighted by atomic mass is 16.5. The minimum Gasteiger partial charge on any atom is -0.493 e. The van der Waals surface area contributed by atoms with Crippen molar-refractivity contribution in [3.05, 3.63) is 51.4 Å². The molecule has 0 aliphatic rings. The Labute approximate surface area is 127 Å². The lowest BCUT2D eigenvalue weighted by Gasteiger charge is -2.13. The van der Waals surface area contributed by atoms with Crippen molar-refractivity contribution in [2.24, 2.45) is 0 Å². The number of nitrogens with one attached hydrogen (secondary N) is 2. The van der Waals surface area contributed by atoms with E-state index in [1.807, 2.05) is 19.1 Å². The van der Waals surface area contributed by atoms with Crippen LogP contribution in [0.15, 0.2) is 29.1 Å². The summed E-state index contributed by atoms with van der Waals surface area (Å²) in [5.41, 5.74) is 1.66. The fourth-order valence-corrected chi connectivity index (χ4v) is 1.95. The maximum absolute atomic E-state index is 12.0. The first-order chi connectivity index (χ1) is 10.5. The van der Waals surface area contributed by atoms with E-state index in [9.17, 15) is 9.59 Å². The average molecular weight is 303 g/mol. The van der Waals surface area contributed by atoms with Gasteiger partial charge in [-0.2, -0.15) is 5.10 Å². The summed E-state index contributed by atoms with van der Waals surface area (Å²) in [5, 5.41) is 8.64. The fourth-order valence-electron chi connectivity index (χ4n) is 1.95. The normalized spacial score (nSPS) is 10.1. The number of H-pyrrole nitrogens is 1. The van der Waals surface area contributed by atoms with Crippen LogP contribution in [0.2, 0.25) is 0 Å². The van der Waals surface area contributed by atoms with Gasteiger partial charge >= 0.3 is 0 Å². The Morgan fingerprint density at radius 2 is 1.91 bits per heavy atom. The second-order valence-corrected chi connectivity index (χ2v) is 4.62. The van der Waals surface area contributed by atoms with Gasteiger partial charge < -0.3 is 14.8 Å². The van der Waals surface area contributed by atoms with Crippen molar-refractivity contribution >= 4 is 5.91 Å². The molecule has 7 nitrogen and oxygen atoms in total. The van der Waals surface area contributed by atoms with Crippen molar-refractivity contribution < 1.29 is 14.3 Å². The fraction of sp³-hybridized carbons (Fsp3) is 0.267. The second kappa shape index (κ2) is 6.75. The van der Waals surface area contributed by atoms with Crippen molar-refractivity contribution in [3.63, 3.8) is 0 Å². The number of methoxy groups -OCH3 is 2. The van der Waals surface area contributed by atoms with Crippen molar-refractivity contribution in [3.8, 4) is 11.5 Å². The lowest BCUT2D eigenvalue weighted by molar-refractivity contribution is 0.0944. The van der Waals surface area contributed by atoms with Crippen LogP contribution < -0.4 is 20.3 Å². The molecule has 2 rings (SSSR count). The maximum atomic E-state index is 12.0. The third kappa shape index (κ3) is 3.43. The summed E-state index contributed by atoms with van der Waals surface area (Å²) in [6.45, 7) is 2.23. The van der Waals surface area contributed by atoms with Gasteiger partial charge in [0.2, 0.25) is 0 Å². The van der Waals surface area contributed by atoms with Crippen molar-refractivity contribution in [1.29, 1.82) is 0 Å². The lowest BCUT2D eigenvalue weighted by atomic mass is 10.1. The minimum atomic E-state index is -0.370. The van der Waals surface area contributed by atoms with Gasteiger partial charge in [0.1, 0.15) is 5.69 Å². The van der Waals surface area contributed by atoms with Gasteiger partial charge in [0, 0.05) is 12.6 Å². The van der Waals surface area contributed by atoms with Crippen LogP contribution in [0, 0.1) is 6.92 Å². The van der Waals surface area contributed by atoms with E-state index in [0.29, 0.717) is 18.0 Å². The van der Waals surface area contributed by atoms with Gasteiger partial charge in [-0.25, -0.2) is 5.10 Å². The van der Waals surface area contributed by atoms with Crippen LogP contribution in [0.1, 0.15) is 21.6 Å². The Balaban J connectivity index is 2.12. The largest absolute Gasteiger partial charge is 0.493 e. The van der Waals surface area contributed by atoms with Crippen molar-refractivity contribution in [1.82, 2.24) is 15.5 Å². The van der Waals surface area contributed by atoms with Gasteiger partial charge in [-0.05, 0) is 36.2 Å². The molecule has 0 radical (unpaired) electrons. The lowest BCUT2D eigenvalue weighted by Crippen LogP contribution is -2.25. The number of benzene rings is 1. The molecule has 22 heavy (non-hydrogen) atoms. The number of ether oxygens (including phenoxy) is 2. The van der Waals surface area contributed by atoms with E-state index in [4.69, 9.17) is 9.47 Å². The Morgan fingerprint density at radius 1 is 1.23 bits per heavy atom. The van der Waals surface area contributed by atoms with Crippen LogP contribution in [0.4, 0.5) is 0 Å². The van der Waals surface area contributed by atoms with Gasteiger partial charge in [0.15, 0.2) is 11.5 Å². The zero-order valence-electron chi connectivity index (χ0n) is 12.6. The van der Waals surface area contributed by atoms with Crippen LogP contribution in [0.5, 0.6) is 11.5 Å². The smallest absolute Gasteiger partial charge is 0.271 e. The van der Waals surface area contributed by atoms with Crippen LogP contribution >= 0.6 is 0 Å². The van der Waals surface area contributed by atoms with Gasteiger partial charge in [0.25, 0.3) is 11.5 Å². The maximum Gasteiger partial charge on any atom is 0.271 e. The van der Waals surface area contributed by atoms with Gasteiger partial charge in [0.05, 0.1) is 14.2 Å². The summed E-state index contributed by atoms with van der Waals surface area (Å²) in [4.78, 5) is 22.9. The molecule has 0 aliphatic carbocycles. The Kier molecular flexibility index (Phi) is 4.77. The molecular weight excluding hydrogens is 286 g/mol. The minimum absolute atomic E-state index is 0.151. The topological polar surface area (TPSA) is 93.3 Å². The van der Waals surface area contributed by atoms with Crippen LogP contribution in [0.25, 0.3) is 0 Å². The first kappa shape index (κ1) is 15.6. The van der Waals surface area contributed by atoms with Gasteiger partial charge in [-0.3, -0.25) is 9.59 Å². The first-order valence-electron chi connectivity index (χ1n) is 6.60. The molecule has 7 heteroatoms. The quantitative estimate of drug-likeness (QED) is 0.860. The molecule has 0 fully saturated rings. The molecule has 0 atom stereocenters. The molecule has 0 spiro atoms. The molecule has 2 aromatic rings. The molecule has 0 unspecified atom stereocenters. The number of aromatic nitrogens is 2. The second-order valence-electron chi connectivity index (χ2n) is 4.62. The zero-order valence-corrected chi connectivity index (χ0v) is 12.6. The number of nitrogens with zero attached hydrogens (tertiary/aromatic N) is 1. The number of hydrogen-bond donors (Lipinski definition) is 2. The summed E-state index contributed by atoms with van der Waals surface area (Å²) in [5.74, 6) is 0.863. The molecule has 116 valence electrons. The predicted octanol–water partition coefficient (Wildman–Crippen LogP) is 1.03. The molecule has 1 heterocycles. The third-order valence-corrected chi connectivity index (χ3v) is 3.19. The highest BCUT2D eigenvalue weighted by Gasteiger charge is 2.11. The van der Waals surface area contributed by atoms with E-state index in [0.717, 1.165) is 11.1 Å². The van der Waals surface area contributed by atoms with Crippen molar-refractivity contribution in [2.75, 3.05) is 14.2 Å². The van der Waals surface area contributed by atoms with Gasteiger partial charge in [-0.1, -0.05) is 0 Å². The third-order valence-electron chi connectivity index (χ3n) is 3.19. The number of rotatable bonds is 5. The number of carbonyl (C=O) groups is 1. The highest BCUT2D eigenvalue weighted by molar-refractivity contribution is 5.91. The summed E-state index contributed by atoms with van der Waals surface area (Å²) in [7, 11) is 3.13. The van der Waals surface area contributed by atoms with E-state index in [1.54, 1.807) is 14.2 Å². The Morgan fingerprint density at radius 3 is 2.50 bits per heavy atom. The number of carbonyl (C=O) groups excluding carboxylic acids is 1. The molecule has 1 aromatic carbocycles.